The fraction of sp³-hybridized carbons (Fsp3) is 0.500. The van der Waals surface area contributed by atoms with Crippen LogP contribution >= 0.6 is 20.4 Å². The van der Waals surface area contributed by atoms with Crippen molar-refractivity contribution in [2.24, 2.45) is 0 Å². The standard InChI is InChI=1S/C24H32N2O3S.F6P/c1-4-7-8-9-10-11-15-29-22-17-20(27-5-2)18(16-21(22)28-6-3)24-19(26-25)13-12-14-23(24)30;1-7(2,3,4,5)6/h12-14,16-17H,4-11,15H2,1-3H3;/q;-1/p+1. The Labute approximate surface area is 218 Å². The molecule has 0 aliphatic heterocycles. The zero-order valence-electron chi connectivity index (χ0n) is 21.0. The van der Waals surface area contributed by atoms with Gasteiger partial charge in [-0.25, -0.2) is 0 Å². The van der Waals surface area contributed by atoms with Gasteiger partial charge in [-0.05, 0) is 32.4 Å². The molecule has 13 heteroatoms. The molecule has 0 heterocycles. The molecule has 0 aliphatic rings. The van der Waals surface area contributed by atoms with E-state index in [2.05, 4.69) is 24.5 Å². The molecule has 0 bridgehead atoms. The van der Waals surface area contributed by atoms with Crippen LogP contribution < -0.4 is 14.2 Å². The third-order valence-corrected chi connectivity index (χ3v) is 5.17. The average molecular weight is 575 g/mol. The van der Waals surface area contributed by atoms with E-state index < -0.39 is 7.81 Å². The first-order chi connectivity index (χ1) is 17.1. The van der Waals surface area contributed by atoms with Gasteiger partial charge in [0.1, 0.15) is 5.75 Å². The zero-order chi connectivity index (χ0) is 28.2. The molecule has 2 aromatic rings. The van der Waals surface area contributed by atoms with Crippen molar-refractivity contribution in [3.05, 3.63) is 35.3 Å². The second-order valence-electron chi connectivity index (χ2n) is 8.01. The predicted molar refractivity (Wildman–Crippen MR) is 139 cm³/mol. The van der Waals surface area contributed by atoms with E-state index in [4.69, 9.17) is 14.2 Å². The number of benzene rings is 2. The van der Waals surface area contributed by atoms with Crippen LogP contribution in [0, 0.1) is 5.39 Å². The molecule has 0 unspecified atom stereocenters. The summed E-state index contributed by atoms with van der Waals surface area (Å²) in [7, 11) is -10.7. The van der Waals surface area contributed by atoms with Gasteiger partial charge in [-0.15, -0.1) is 12.6 Å². The first-order valence-corrected chi connectivity index (χ1v) is 14.4. The quantitative estimate of drug-likeness (QED) is 0.0850. The van der Waals surface area contributed by atoms with Gasteiger partial charge in [0, 0.05) is 22.6 Å². The van der Waals surface area contributed by atoms with Crippen molar-refractivity contribution in [1.82, 2.24) is 0 Å². The molecule has 0 spiro atoms. The van der Waals surface area contributed by atoms with Crippen molar-refractivity contribution in [2.45, 2.75) is 64.2 Å². The van der Waals surface area contributed by atoms with E-state index in [0.29, 0.717) is 53.2 Å². The number of rotatable bonds is 13. The molecule has 2 rings (SSSR count). The molecule has 0 fully saturated rings. The minimum atomic E-state index is -10.7. The van der Waals surface area contributed by atoms with Crippen molar-refractivity contribution >= 4 is 26.1 Å². The van der Waals surface area contributed by atoms with E-state index in [1.54, 1.807) is 12.1 Å². The van der Waals surface area contributed by atoms with Gasteiger partial charge < -0.3 is 14.2 Å². The van der Waals surface area contributed by atoms with Crippen LogP contribution in [0.25, 0.3) is 16.1 Å². The molecule has 210 valence electrons. The van der Waals surface area contributed by atoms with Gasteiger partial charge in [-0.3, -0.25) is 0 Å². The third kappa shape index (κ3) is 14.2. The second-order valence-corrected chi connectivity index (χ2v) is 10.4. The molecule has 0 N–H and O–H groups in total. The number of diazo groups is 1. The van der Waals surface area contributed by atoms with Gasteiger partial charge >= 0.3 is 38.7 Å². The van der Waals surface area contributed by atoms with Crippen LogP contribution in [0.5, 0.6) is 17.2 Å². The van der Waals surface area contributed by atoms with E-state index in [-0.39, 0.29) is 0 Å². The Balaban J connectivity index is 0.000000856. The van der Waals surface area contributed by atoms with E-state index in [1.807, 2.05) is 32.0 Å². The van der Waals surface area contributed by atoms with Crippen LogP contribution in [-0.2, 0) is 0 Å². The summed E-state index contributed by atoms with van der Waals surface area (Å²) in [6.45, 7) is 7.74. The molecule has 0 aromatic heterocycles. The SMILES string of the molecule is CCCCCCCCOc1cc(OCC)c(-c2c(S)cccc2[N+]#N)cc1OCC.F[P-](F)(F)(F)(F)F. The van der Waals surface area contributed by atoms with Gasteiger partial charge in [0.25, 0.3) is 0 Å². The van der Waals surface area contributed by atoms with Crippen molar-refractivity contribution < 1.29 is 39.4 Å². The molecule has 0 aliphatic carbocycles. The van der Waals surface area contributed by atoms with E-state index in [0.717, 1.165) is 18.4 Å². The average Bonchev–Trinajstić information content (AvgIpc) is 2.78. The Morgan fingerprint density at radius 3 is 1.89 bits per heavy atom. The molecule has 2 aromatic carbocycles. The summed E-state index contributed by atoms with van der Waals surface area (Å²) < 4.78 is 77.0. The molecule has 0 saturated carbocycles. The number of halogens is 6. The van der Waals surface area contributed by atoms with Crippen molar-refractivity contribution in [1.29, 1.82) is 5.39 Å². The number of hydrogen-bond donors (Lipinski definition) is 1. The van der Waals surface area contributed by atoms with Gasteiger partial charge in [-0.2, -0.15) is 0 Å². The van der Waals surface area contributed by atoms with Crippen LogP contribution in [-0.4, -0.2) is 19.8 Å². The van der Waals surface area contributed by atoms with Gasteiger partial charge in [-0.1, -0.05) is 45.1 Å². The molecule has 37 heavy (non-hydrogen) atoms. The molecular weight excluding hydrogens is 541 g/mol. The summed E-state index contributed by atoms with van der Waals surface area (Å²) in [4.78, 5) is 4.11. The second kappa shape index (κ2) is 13.4. The first-order valence-electron chi connectivity index (χ1n) is 11.9. The van der Waals surface area contributed by atoms with Crippen molar-refractivity contribution in [3.8, 4) is 28.4 Å². The number of thiol groups is 1. The molecule has 0 atom stereocenters. The number of hydrogen-bond acceptors (Lipinski definition) is 5. The fourth-order valence-electron chi connectivity index (χ4n) is 3.34. The van der Waals surface area contributed by atoms with Gasteiger partial charge in [0.2, 0.25) is 5.39 Å². The molecule has 5 nitrogen and oxygen atoms in total. The summed E-state index contributed by atoms with van der Waals surface area (Å²) in [6.07, 6.45) is 7.24. The predicted octanol–water partition coefficient (Wildman–Crippen LogP) is 11.0. The monoisotopic (exact) mass is 574 g/mol. The first kappa shape index (κ1) is 32.6. The van der Waals surface area contributed by atoms with Crippen LogP contribution in [0.1, 0.15) is 59.3 Å². The van der Waals surface area contributed by atoms with Crippen molar-refractivity contribution in [3.63, 3.8) is 0 Å². The summed E-state index contributed by atoms with van der Waals surface area (Å²) in [5, 5.41) is 9.47. The molecule has 0 amide bonds. The Kier molecular flexibility index (Phi) is 11.8. The topological polar surface area (TPSA) is 55.8 Å². The van der Waals surface area contributed by atoms with E-state index in [9.17, 15) is 30.6 Å². The summed E-state index contributed by atoms with van der Waals surface area (Å²) >= 11 is 4.57. The minimum absolute atomic E-state index is 0.423. The molecule has 0 radical (unpaired) electrons. The maximum absolute atomic E-state index is 10.7. The number of ether oxygens (including phenoxy) is 3. The Bertz CT molecular complexity index is 1050. The third-order valence-electron chi connectivity index (χ3n) is 4.80. The molecule has 0 saturated heterocycles. The number of unbranched alkanes of at least 4 members (excludes halogenated alkanes) is 5. The van der Waals surface area contributed by atoms with Crippen LogP contribution in [0.4, 0.5) is 30.9 Å². The Morgan fingerprint density at radius 1 is 0.784 bits per heavy atom. The summed E-state index contributed by atoms with van der Waals surface area (Å²) in [5.41, 5.74) is 1.87. The number of nitrogens with zero attached hydrogens (tertiary/aromatic N) is 2. The summed E-state index contributed by atoms with van der Waals surface area (Å²) in [5.74, 6) is 1.95. The molecular formula is C24H33F6N2O3PS. The van der Waals surface area contributed by atoms with E-state index in [1.165, 1.54) is 25.7 Å². The normalized spacial score (nSPS) is 12.9. The Morgan fingerprint density at radius 2 is 1.32 bits per heavy atom. The Hall–Kier alpha value is -2.38. The zero-order valence-corrected chi connectivity index (χ0v) is 22.8. The van der Waals surface area contributed by atoms with Crippen molar-refractivity contribution in [2.75, 3.05) is 19.8 Å². The van der Waals surface area contributed by atoms with Crippen LogP contribution in [0.3, 0.4) is 0 Å². The van der Waals surface area contributed by atoms with Gasteiger partial charge in [0.05, 0.1) is 25.4 Å². The fourth-order valence-corrected chi connectivity index (χ4v) is 3.67. The van der Waals surface area contributed by atoms with Gasteiger partial charge in [0.15, 0.2) is 16.5 Å². The maximum atomic E-state index is 9.87. The van der Waals surface area contributed by atoms with Crippen LogP contribution in [0.15, 0.2) is 35.2 Å². The van der Waals surface area contributed by atoms with E-state index >= 15 is 0 Å². The summed E-state index contributed by atoms with van der Waals surface area (Å²) in [6, 6.07) is 9.13. The van der Waals surface area contributed by atoms with Crippen LogP contribution in [0.2, 0.25) is 0 Å².